The van der Waals surface area contributed by atoms with Crippen molar-refractivity contribution in [2.24, 2.45) is 0 Å². The van der Waals surface area contributed by atoms with Gasteiger partial charge < -0.3 is 9.13 Å². The van der Waals surface area contributed by atoms with Crippen molar-refractivity contribution in [3.8, 4) is 33.6 Å². The monoisotopic (exact) mass is 484 g/mol. The summed E-state index contributed by atoms with van der Waals surface area (Å²) in [5.41, 5.74) is 12.2. The largest absolute Gasteiger partial charge is 0.309 e. The molecule has 2 heterocycles. The third kappa shape index (κ3) is 3.07. The Balaban J connectivity index is 1.33. The maximum Gasteiger partial charge on any atom is 0.0563 e. The van der Waals surface area contributed by atoms with Crippen molar-refractivity contribution in [3.63, 3.8) is 0 Å². The molecule has 0 N–H and O–H groups in total. The maximum atomic E-state index is 2.42. The van der Waals surface area contributed by atoms with Gasteiger partial charge in [0.1, 0.15) is 0 Å². The second kappa shape index (κ2) is 8.22. The van der Waals surface area contributed by atoms with Gasteiger partial charge in [0, 0.05) is 22.1 Å². The molecule has 8 rings (SSSR count). The smallest absolute Gasteiger partial charge is 0.0563 e. The summed E-state index contributed by atoms with van der Waals surface area (Å²) in [5.74, 6) is 0. The van der Waals surface area contributed by atoms with Crippen LogP contribution in [0.3, 0.4) is 0 Å². The number of rotatable bonds is 4. The number of para-hydroxylation sites is 1. The normalized spacial score (nSPS) is 11.7. The molecule has 0 saturated carbocycles. The Morgan fingerprint density at radius 2 is 0.684 bits per heavy atom. The van der Waals surface area contributed by atoms with E-state index >= 15 is 0 Å². The molecule has 0 spiro atoms. The van der Waals surface area contributed by atoms with Crippen LogP contribution in [-0.4, -0.2) is 9.13 Å². The summed E-state index contributed by atoms with van der Waals surface area (Å²) in [6.07, 6.45) is 0. The van der Waals surface area contributed by atoms with Crippen LogP contribution in [0.5, 0.6) is 0 Å². The van der Waals surface area contributed by atoms with E-state index < -0.39 is 0 Å². The average Bonchev–Trinajstić information content (AvgIpc) is 3.53. The summed E-state index contributed by atoms with van der Waals surface area (Å²) < 4.78 is 4.81. The molecule has 0 aliphatic rings. The zero-order chi connectivity index (χ0) is 25.1. The molecule has 0 atom stereocenters. The second-order valence-electron chi connectivity index (χ2n) is 9.85. The molecule has 0 bridgehead atoms. The first-order valence-corrected chi connectivity index (χ1v) is 13.0. The molecular weight excluding hydrogens is 460 g/mol. The van der Waals surface area contributed by atoms with Crippen molar-refractivity contribution in [2.45, 2.75) is 0 Å². The summed E-state index contributed by atoms with van der Waals surface area (Å²) in [6, 6.07) is 52.3. The quantitative estimate of drug-likeness (QED) is 0.235. The fraction of sp³-hybridized carbons (Fsp3) is 0. The average molecular weight is 485 g/mol. The summed E-state index contributed by atoms with van der Waals surface area (Å²) in [7, 11) is 0. The van der Waals surface area contributed by atoms with Gasteiger partial charge in [0.2, 0.25) is 0 Å². The summed E-state index contributed by atoms with van der Waals surface area (Å²) in [5, 5.41) is 2.64. The SMILES string of the molecule is c1ccc(-c2cccc(-c3cccc(-n4c5cccc6c5c5c(cccc54)n6-c4ccccc4)c3)c2)cc1. The Labute approximate surface area is 221 Å². The molecule has 0 unspecified atom stereocenters. The van der Waals surface area contributed by atoms with Gasteiger partial charge in [0.15, 0.2) is 0 Å². The molecule has 0 saturated heterocycles. The predicted octanol–water partition coefficient (Wildman–Crippen LogP) is 9.50. The molecule has 2 nitrogen and oxygen atoms in total. The molecule has 38 heavy (non-hydrogen) atoms. The van der Waals surface area contributed by atoms with E-state index in [2.05, 4.69) is 155 Å². The Morgan fingerprint density at radius 1 is 0.289 bits per heavy atom. The maximum absolute atomic E-state index is 2.42. The van der Waals surface area contributed by atoms with Gasteiger partial charge in [0.25, 0.3) is 0 Å². The summed E-state index contributed by atoms with van der Waals surface area (Å²) in [6.45, 7) is 0. The van der Waals surface area contributed by atoms with Gasteiger partial charge in [-0.15, -0.1) is 0 Å². The van der Waals surface area contributed by atoms with Gasteiger partial charge in [-0.25, -0.2) is 0 Å². The van der Waals surface area contributed by atoms with Crippen LogP contribution in [0.2, 0.25) is 0 Å². The Morgan fingerprint density at radius 3 is 1.29 bits per heavy atom. The number of aromatic nitrogens is 2. The Hall–Kier alpha value is -5.08. The molecule has 0 aliphatic carbocycles. The standard InChI is InChI=1S/C36H24N2/c1-3-11-25(12-4-1)26-13-7-14-27(23-26)28-15-8-18-30(24-28)38-33-21-9-19-31-35(33)36-32(20-10-22-34(36)38)37(31)29-16-5-2-6-17-29/h1-24H. The van der Waals surface area contributed by atoms with Crippen molar-refractivity contribution in [1.29, 1.82) is 0 Å². The van der Waals surface area contributed by atoms with Crippen molar-refractivity contribution in [2.75, 3.05) is 0 Å². The van der Waals surface area contributed by atoms with Gasteiger partial charge in [0.05, 0.1) is 22.1 Å². The van der Waals surface area contributed by atoms with Crippen LogP contribution in [-0.2, 0) is 0 Å². The van der Waals surface area contributed by atoms with E-state index in [9.17, 15) is 0 Å². The molecule has 0 fully saturated rings. The van der Waals surface area contributed by atoms with Gasteiger partial charge in [-0.05, 0) is 76.9 Å². The lowest BCUT2D eigenvalue weighted by Crippen LogP contribution is -1.98. The van der Waals surface area contributed by atoms with Crippen LogP contribution in [0.25, 0.3) is 66.5 Å². The third-order valence-corrected chi connectivity index (χ3v) is 7.68. The highest BCUT2D eigenvalue weighted by atomic mass is 15.0. The third-order valence-electron chi connectivity index (χ3n) is 7.68. The lowest BCUT2D eigenvalue weighted by Gasteiger charge is -2.13. The fourth-order valence-corrected chi connectivity index (χ4v) is 6.04. The topological polar surface area (TPSA) is 9.86 Å². The minimum atomic E-state index is 1.18. The highest BCUT2D eigenvalue weighted by molar-refractivity contribution is 6.25. The van der Waals surface area contributed by atoms with E-state index in [1.54, 1.807) is 0 Å². The first-order chi connectivity index (χ1) is 18.9. The minimum absolute atomic E-state index is 1.18. The molecule has 6 aromatic carbocycles. The zero-order valence-corrected chi connectivity index (χ0v) is 20.8. The van der Waals surface area contributed by atoms with Crippen LogP contribution in [0.15, 0.2) is 146 Å². The lowest BCUT2D eigenvalue weighted by molar-refractivity contribution is 1.16. The van der Waals surface area contributed by atoms with E-state index in [0.717, 1.165) is 0 Å². The molecular formula is C36H24N2. The number of nitrogens with zero attached hydrogens (tertiary/aromatic N) is 2. The van der Waals surface area contributed by atoms with Crippen LogP contribution in [0, 0.1) is 0 Å². The lowest BCUT2D eigenvalue weighted by atomic mass is 9.99. The van der Waals surface area contributed by atoms with Crippen molar-refractivity contribution in [3.05, 3.63) is 146 Å². The molecule has 178 valence electrons. The Kier molecular flexibility index (Phi) is 4.55. The molecule has 2 heteroatoms. The summed E-state index contributed by atoms with van der Waals surface area (Å²) >= 11 is 0. The first-order valence-electron chi connectivity index (χ1n) is 13.0. The van der Waals surface area contributed by atoms with Crippen molar-refractivity contribution >= 4 is 32.8 Å². The second-order valence-corrected chi connectivity index (χ2v) is 9.85. The van der Waals surface area contributed by atoms with E-state index in [1.165, 1.54) is 66.5 Å². The van der Waals surface area contributed by atoms with E-state index in [-0.39, 0.29) is 0 Å². The van der Waals surface area contributed by atoms with Gasteiger partial charge in [-0.3, -0.25) is 0 Å². The first kappa shape index (κ1) is 21.0. The Bertz CT molecular complexity index is 1990. The van der Waals surface area contributed by atoms with E-state index in [0.29, 0.717) is 0 Å². The summed E-state index contributed by atoms with van der Waals surface area (Å²) in [4.78, 5) is 0. The van der Waals surface area contributed by atoms with Gasteiger partial charge >= 0.3 is 0 Å². The van der Waals surface area contributed by atoms with Gasteiger partial charge in [-0.1, -0.05) is 91.0 Å². The minimum Gasteiger partial charge on any atom is -0.309 e. The van der Waals surface area contributed by atoms with Crippen LogP contribution >= 0.6 is 0 Å². The van der Waals surface area contributed by atoms with Gasteiger partial charge in [-0.2, -0.15) is 0 Å². The molecule has 0 amide bonds. The van der Waals surface area contributed by atoms with E-state index in [1.807, 2.05) is 0 Å². The molecule has 0 aliphatic heterocycles. The zero-order valence-electron chi connectivity index (χ0n) is 20.8. The number of hydrogen-bond acceptors (Lipinski definition) is 0. The highest BCUT2D eigenvalue weighted by Gasteiger charge is 2.22. The van der Waals surface area contributed by atoms with Crippen LogP contribution < -0.4 is 0 Å². The van der Waals surface area contributed by atoms with E-state index in [4.69, 9.17) is 0 Å². The highest BCUT2D eigenvalue weighted by Crippen LogP contribution is 2.42. The number of benzene rings is 6. The number of hydrogen-bond donors (Lipinski definition) is 0. The molecule has 0 radical (unpaired) electrons. The molecule has 2 aromatic heterocycles. The fourth-order valence-electron chi connectivity index (χ4n) is 6.04. The van der Waals surface area contributed by atoms with Crippen LogP contribution in [0.1, 0.15) is 0 Å². The molecule has 8 aromatic rings. The van der Waals surface area contributed by atoms with Crippen molar-refractivity contribution < 1.29 is 0 Å². The predicted molar refractivity (Wildman–Crippen MR) is 160 cm³/mol. The van der Waals surface area contributed by atoms with Crippen LogP contribution in [0.4, 0.5) is 0 Å². The van der Waals surface area contributed by atoms with Crippen molar-refractivity contribution in [1.82, 2.24) is 9.13 Å².